The van der Waals surface area contributed by atoms with Crippen molar-refractivity contribution in [2.75, 3.05) is 0 Å². The summed E-state index contributed by atoms with van der Waals surface area (Å²) in [5.74, 6) is 0.698. The first-order valence-electron chi connectivity index (χ1n) is 11.9. The molecule has 0 aliphatic heterocycles. The number of hydrogen-bond acceptors (Lipinski definition) is 6. The van der Waals surface area contributed by atoms with Crippen LogP contribution in [0.15, 0.2) is 48.5 Å². The maximum atomic E-state index is 12.5. The second kappa shape index (κ2) is 10.6. The number of nitrogens with two attached hydrogens (primary N) is 1. The number of aromatic nitrogens is 6. The van der Waals surface area contributed by atoms with Gasteiger partial charge in [0.15, 0.2) is 5.82 Å². The fourth-order valence-corrected chi connectivity index (χ4v) is 4.18. The van der Waals surface area contributed by atoms with E-state index in [9.17, 15) is 9.90 Å². The highest BCUT2D eigenvalue weighted by atomic mass is 16.3. The molecule has 0 fully saturated rings. The Hall–Kier alpha value is -3.85. The highest BCUT2D eigenvalue weighted by Crippen LogP contribution is 2.31. The first-order chi connectivity index (χ1) is 16.9. The zero-order chi connectivity index (χ0) is 24.9. The molecule has 0 spiro atoms. The van der Waals surface area contributed by atoms with Crippen LogP contribution in [0.5, 0.6) is 0 Å². The number of nitrogens with zero attached hydrogens (tertiary/aromatic N) is 5. The van der Waals surface area contributed by atoms with Crippen LogP contribution in [0, 0.1) is 5.92 Å². The highest BCUT2D eigenvalue weighted by molar-refractivity contribution is 5.92. The van der Waals surface area contributed by atoms with Crippen molar-refractivity contribution in [2.24, 2.45) is 11.7 Å². The van der Waals surface area contributed by atoms with Crippen LogP contribution in [0.1, 0.15) is 67.3 Å². The number of hydrogen-bond donors (Lipinski definition) is 3. The molecule has 35 heavy (non-hydrogen) atoms. The van der Waals surface area contributed by atoms with Crippen molar-refractivity contribution in [1.29, 1.82) is 0 Å². The molecule has 9 heteroatoms. The number of carbonyl (C=O) groups is 1. The second-order valence-corrected chi connectivity index (χ2v) is 9.00. The van der Waals surface area contributed by atoms with E-state index in [1.54, 1.807) is 0 Å². The van der Waals surface area contributed by atoms with Gasteiger partial charge in [0, 0.05) is 18.5 Å². The Morgan fingerprint density at radius 3 is 2.43 bits per heavy atom. The third-order valence-corrected chi connectivity index (χ3v) is 6.11. The molecule has 9 nitrogen and oxygen atoms in total. The van der Waals surface area contributed by atoms with Gasteiger partial charge in [0.05, 0.1) is 0 Å². The zero-order valence-electron chi connectivity index (χ0n) is 20.3. The Balaban J connectivity index is 1.69. The predicted molar refractivity (Wildman–Crippen MR) is 133 cm³/mol. The lowest BCUT2D eigenvalue weighted by molar-refractivity contribution is 0.0965. The van der Waals surface area contributed by atoms with E-state index < -0.39 is 12.0 Å². The van der Waals surface area contributed by atoms with Crippen LogP contribution in [0.3, 0.4) is 0 Å². The summed E-state index contributed by atoms with van der Waals surface area (Å²) in [6.45, 7) is 6.33. The van der Waals surface area contributed by atoms with Gasteiger partial charge in [-0.25, -0.2) is 10.1 Å². The minimum atomic E-state index is -0.858. The summed E-state index contributed by atoms with van der Waals surface area (Å²) < 4.78 is 1.86. The molecule has 2 aromatic heterocycles. The Kier molecular flexibility index (Phi) is 7.36. The van der Waals surface area contributed by atoms with Crippen LogP contribution in [0.25, 0.3) is 22.5 Å². The number of rotatable bonds is 10. The third kappa shape index (κ3) is 5.14. The number of amides is 1. The molecule has 4 aromatic rings. The van der Waals surface area contributed by atoms with Gasteiger partial charge in [-0.1, -0.05) is 75.7 Å². The average molecular weight is 474 g/mol. The van der Waals surface area contributed by atoms with Gasteiger partial charge in [0.25, 0.3) is 5.91 Å². The van der Waals surface area contributed by atoms with Crippen molar-refractivity contribution < 1.29 is 9.90 Å². The van der Waals surface area contributed by atoms with E-state index in [1.165, 1.54) is 0 Å². The SMILES string of the molecule is CCCCc1nc(C(O)C(C)C)c(C(N)=O)n1Cc1ccc(-c2ccccc2-c2nnn[nH]2)cc1. The van der Waals surface area contributed by atoms with Gasteiger partial charge in [0.2, 0.25) is 0 Å². The summed E-state index contributed by atoms with van der Waals surface area (Å²) in [6, 6.07) is 16.0. The first kappa shape index (κ1) is 24.3. The van der Waals surface area contributed by atoms with E-state index in [4.69, 9.17) is 5.73 Å². The number of H-pyrrole nitrogens is 1. The molecular weight excluding hydrogens is 442 g/mol. The van der Waals surface area contributed by atoms with Gasteiger partial charge in [-0.3, -0.25) is 4.79 Å². The molecule has 0 radical (unpaired) electrons. The lowest BCUT2D eigenvalue weighted by atomic mass is 9.98. The number of tetrazole rings is 1. The number of benzene rings is 2. The van der Waals surface area contributed by atoms with Gasteiger partial charge < -0.3 is 15.4 Å². The molecule has 1 amide bonds. The number of aliphatic hydroxyl groups is 1. The van der Waals surface area contributed by atoms with Gasteiger partial charge in [-0.05, 0) is 39.5 Å². The highest BCUT2D eigenvalue weighted by Gasteiger charge is 2.27. The lowest BCUT2D eigenvalue weighted by Gasteiger charge is -2.15. The minimum Gasteiger partial charge on any atom is -0.386 e. The number of imidazole rings is 1. The average Bonchev–Trinajstić information content (AvgIpc) is 3.51. The van der Waals surface area contributed by atoms with E-state index in [0.717, 1.165) is 40.9 Å². The molecule has 182 valence electrons. The largest absolute Gasteiger partial charge is 0.386 e. The van der Waals surface area contributed by atoms with Crippen LogP contribution in [0.4, 0.5) is 0 Å². The molecule has 4 N–H and O–H groups in total. The molecule has 2 aromatic carbocycles. The van der Waals surface area contributed by atoms with Crippen molar-refractivity contribution in [3.63, 3.8) is 0 Å². The van der Waals surface area contributed by atoms with Crippen LogP contribution < -0.4 is 5.73 Å². The quantitative estimate of drug-likeness (QED) is 0.319. The van der Waals surface area contributed by atoms with Crippen LogP contribution in [-0.2, 0) is 13.0 Å². The second-order valence-electron chi connectivity index (χ2n) is 9.00. The Bertz CT molecular complexity index is 1280. The van der Waals surface area contributed by atoms with Crippen molar-refractivity contribution >= 4 is 5.91 Å². The molecule has 4 rings (SSSR count). The summed E-state index contributed by atoms with van der Waals surface area (Å²) in [6.07, 6.45) is 1.77. The summed E-state index contributed by atoms with van der Waals surface area (Å²) >= 11 is 0. The van der Waals surface area contributed by atoms with E-state index in [-0.39, 0.29) is 11.6 Å². The number of aryl methyl sites for hydroxylation is 1. The fourth-order valence-electron chi connectivity index (χ4n) is 4.18. The molecule has 0 saturated carbocycles. The molecule has 0 saturated heterocycles. The molecule has 0 aliphatic rings. The van der Waals surface area contributed by atoms with Crippen LogP contribution in [0.2, 0.25) is 0 Å². The smallest absolute Gasteiger partial charge is 0.267 e. The van der Waals surface area contributed by atoms with Crippen LogP contribution >= 0.6 is 0 Å². The molecule has 0 bridgehead atoms. The van der Waals surface area contributed by atoms with Gasteiger partial charge in [0.1, 0.15) is 23.3 Å². The summed E-state index contributed by atoms with van der Waals surface area (Å²) in [7, 11) is 0. The summed E-state index contributed by atoms with van der Waals surface area (Å²) in [5, 5.41) is 25.0. The van der Waals surface area contributed by atoms with E-state index >= 15 is 0 Å². The molecule has 1 unspecified atom stereocenters. The number of unbranched alkanes of at least 4 members (excludes halogenated alkanes) is 1. The van der Waals surface area contributed by atoms with Crippen molar-refractivity contribution in [3.05, 3.63) is 71.3 Å². The van der Waals surface area contributed by atoms with Gasteiger partial charge >= 0.3 is 0 Å². The predicted octanol–water partition coefficient (Wildman–Crippen LogP) is 3.91. The maximum Gasteiger partial charge on any atom is 0.267 e. The minimum absolute atomic E-state index is 0.0885. The third-order valence-electron chi connectivity index (χ3n) is 6.11. The van der Waals surface area contributed by atoms with E-state index in [1.807, 2.05) is 66.9 Å². The van der Waals surface area contributed by atoms with Crippen molar-refractivity contribution in [3.8, 4) is 22.5 Å². The fraction of sp³-hybridized carbons (Fsp3) is 0.346. The summed E-state index contributed by atoms with van der Waals surface area (Å²) in [5.41, 5.74) is 10.4. The lowest BCUT2D eigenvalue weighted by Crippen LogP contribution is -2.22. The number of carbonyl (C=O) groups excluding carboxylic acids is 1. The first-order valence-corrected chi connectivity index (χ1v) is 11.9. The van der Waals surface area contributed by atoms with Gasteiger partial charge in [-0.2, -0.15) is 0 Å². The molecule has 1 atom stereocenters. The summed E-state index contributed by atoms with van der Waals surface area (Å²) in [4.78, 5) is 17.1. The molecular formula is C26H31N7O2. The monoisotopic (exact) mass is 473 g/mol. The normalized spacial score (nSPS) is 12.3. The Labute approximate surface area is 204 Å². The topological polar surface area (TPSA) is 136 Å². The maximum absolute atomic E-state index is 12.5. The van der Waals surface area contributed by atoms with Crippen molar-refractivity contribution in [1.82, 2.24) is 30.2 Å². The standard InChI is InChI=1S/C26H31N7O2/c1-4-5-10-21-28-22(24(34)16(2)3)23(25(27)35)33(21)15-17-11-13-18(14-12-17)19-8-6-7-9-20(19)26-29-31-32-30-26/h6-9,11-14,16,24,34H,4-5,10,15H2,1-3H3,(H2,27,35)(H,29,30,31,32). The number of nitrogens with one attached hydrogen (secondary N) is 1. The number of aliphatic hydroxyl groups excluding tert-OH is 1. The Morgan fingerprint density at radius 1 is 1.11 bits per heavy atom. The molecule has 0 aliphatic carbocycles. The van der Waals surface area contributed by atoms with Crippen molar-refractivity contribution in [2.45, 2.75) is 52.7 Å². The number of aromatic amines is 1. The van der Waals surface area contributed by atoms with Gasteiger partial charge in [-0.15, -0.1) is 5.10 Å². The Morgan fingerprint density at radius 2 is 1.83 bits per heavy atom. The van der Waals surface area contributed by atoms with Crippen LogP contribution in [-0.4, -0.2) is 41.2 Å². The number of primary amides is 1. The van der Waals surface area contributed by atoms with E-state index in [2.05, 4.69) is 32.5 Å². The van der Waals surface area contributed by atoms with E-state index in [0.29, 0.717) is 24.5 Å². The molecule has 2 heterocycles. The zero-order valence-corrected chi connectivity index (χ0v) is 20.3.